The zero-order valence-electron chi connectivity index (χ0n) is 19.3. The first-order chi connectivity index (χ1) is 17.0. The van der Waals surface area contributed by atoms with E-state index in [2.05, 4.69) is 0 Å². The fourth-order valence-electron chi connectivity index (χ4n) is 6.52. The lowest BCUT2D eigenvalue weighted by Crippen LogP contribution is -2.49. The smallest absolute Gasteiger partial charge is 0.170 e. The van der Waals surface area contributed by atoms with Crippen molar-refractivity contribution in [1.29, 1.82) is 0 Å². The van der Waals surface area contributed by atoms with Crippen LogP contribution in [0.3, 0.4) is 0 Å². The SMILES string of the molecule is COc1ccc([C@H]2[C@H]3C(=O)c4ccccc4[C@]3(O)[C@@](O)(c3ccccc3)[C@H]2c2ccccc2)cc1. The Morgan fingerprint density at radius 1 is 0.657 bits per heavy atom. The van der Waals surface area contributed by atoms with E-state index in [4.69, 9.17) is 4.74 Å². The van der Waals surface area contributed by atoms with Gasteiger partial charge in [0.15, 0.2) is 5.78 Å². The molecule has 2 aliphatic carbocycles. The number of ether oxygens (including phenoxy) is 1. The van der Waals surface area contributed by atoms with Crippen molar-refractivity contribution in [2.45, 2.75) is 23.0 Å². The second-order valence-electron chi connectivity index (χ2n) is 9.47. The van der Waals surface area contributed by atoms with Crippen molar-refractivity contribution in [3.63, 3.8) is 0 Å². The van der Waals surface area contributed by atoms with Gasteiger partial charge in [0.1, 0.15) is 17.0 Å². The van der Waals surface area contributed by atoms with Gasteiger partial charge in [-0.2, -0.15) is 0 Å². The highest BCUT2D eigenvalue weighted by atomic mass is 16.5. The number of carbonyl (C=O) groups excluding carboxylic acids is 1. The summed E-state index contributed by atoms with van der Waals surface area (Å²) in [5, 5.41) is 25.6. The van der Waals surface area contributed by atoms with Crippen LogP contribution in [-0.4, -0.2) is 23.1 Å². The molecule has 2 aliphatic rings. The highest BCUT2D eigenvalue weighted by molar-refractivity contribution is 6.05. The molecule has 4 nitrogen and oxygen atoms in total. The Hall–Kier alpha value is -3.73. The van der Waals surface area contributed by atoms with Crippen LogP contribution in [-0.2, 0) is 11.2 Å². The summed E-state index contributed by atoms with van der Waals surface area (Å²) in [5.41, 5.74) is -0.288. The van der Waals surface area contributed by atoms with Crippen molar-refractivity contribution in [2.75, 3.05) is 7.11 Å². The fourth-order valence-corrected chi connectivity index (χ4v) is 6.52. The molecule has 0 bridgehead atoms. The molecule has 174 valence electrons. The third kappa shape index (κ3) is 2.84. The molecular formula is C31H26O4. The first-order valence-corrected chi connectivity index (χ1v) is 11.8. The number of ketones is 1. The number of benzene rings is 4. The van der Waals surface area contributed by atoms with Crippen molar-refractivity contribution in [2.24, 2.45) is 5.92 Å². The van der Waals surface area contributed by atoms with Gasteiger partial charge in [0.2, 0.25) is 0 Å². The van der Waals surface area contributed by atoms with Gasteiger partial charge in [0, 0.05) is 17.4 Å². The summed E-state index contributed by atoms with van der Waals surface area (Å²) < 4.78 is 5.37. The van der Waals surface area contributed by atoms with Gasteiger partial charge in [0.05, 0.1) is 13.0 Å². The maximum absolute atomic E-state index is 14.0. The third-order valence-corrected chi connectivity index (χ3v) is 7.96. The van der Waals surface area contributed by atoms with Crippen LogP contribution >= 0.6 is 0 Å². The quantitative estimate of drug-likeness (QED) is 0.439. The summed E-state index contributed by atoms with van der Waals surface area (Å²) >= 11 is 0. The van der Waals surface area contributed by atoms with Crippen LogP contribution in [0.1, 0.15) is 44.4 Å². The molecule has 0 aromatic heterocycles. The van der Waals surface area contributed by atoms with E-state index in [9.17, 15) is 15.0 Å². The Kier molecular flexibility index (Phi) is 4.92. The van der Waals surface area contributed by atoms with E-state index >= 15 is 0 Å². The first-order valence-electron chi connectivity index (χ1n) is 11.8. The second-order valence-corrected chi connectivity index (χ2v) is 9.47. The van der Waals surface area contributed by atoms with E-state index < -0.39 is 29.0 Å². The van der Waals surface area contributed by atoms with Gasteiger partial charge in [-0.3, -0.25) is 4.79 Å². The topological polar surface area (TPSA) is 66.8 Å². The summed E-state index contributed by atoms with van der Waals surface area (Å²) in [6, 6.07) is 33.8. The number of rotatable bonds is 4. The third-order valence-electron chi connectivity index (χ3n) is 7.96. The second kappa shape index (κ2) is 7.91. The molecule has 0 heterocycles. The molecule has 0 radical (unpaired) electrons. The van der Waals surface area contributed by atoms with E-state index in [0.717, 1.165) is 11.1 Å². The Bertz CT molecular complexity index is 1380. The predicted octanol–water partition coefficient (Wildman–Crippen LogP) is 5.16. The lowest BCUT2D eigenvalue weighted by atomic mass is 9.69. The Morgan fingerprint density at radius 2 is 1.26 bits per heavy atom. The minimum absolute atomic E-state index is 0.142. The van der Waals surface area contributed by atoms with E-state index in [-0.39, 0.29) is 5.78 Å². The average Bonchev–Trinajstić information content (AvgIpc) is 3.28. The molecule has 35 heavy (non-hydrogen) atoms. The van der Waals surface area contributed by atoms with Gasteiger partial charge >= 0.3 is 0 Å². The van der Waals surface area contributed by atoms with Crippen LogP contribution in [0.2, 0.25) is 0 Å². The molecule has 4 aromatic rings. The molecular weight excluding hydrogens is 436 g/mol. The van der Waals surface area contributed by atoms with Crippen molar-refractivity contribution in [3.05, 3.63) is 137 Å². The van der Waals surface area contributed by atoms with Gasteiger partial charge in [-0.1, -0.05) is 97.1 Å². The average molecular weight is 463 g/mol. The Morgan fingerprint density at radius 3 is 1.91 bits per heavy atom. The Balaban J connectivity index is 1.70. The lowest BCUT2D eigenvalue weighted by molar-refractivity contribution is -0.159. The normalized spacial score (nSPS) is 29.0. The van der Waals surface area contributed by atoms with E-state index in [1.807, 2.05) is 91.0 Å². The zero-order valence-corrected chi connectivity index (χ0v) is 19.3. The maximum atomic E-state index is 14.0. The largest absolute Gasteiger partial charge is 0.497 e. The summed E-state index contributed by atoms with van der Waals surface area (Å²) in [4.78, 5) is 14.0. The first kappa shape index (κ1) is 21.8. The number of Topliss-reactive ketones (excluding diaryl/α,β-unsaturated/α-hetero) is 1. The van der Waals surface area contributed by atoms with E-state index in [1.54, 1.807) is 25.3 Å². The number of hydrogen-bond acceptors (Lipinski definition) is 4. The van der Waals surface area contributed by atoms with Crippen LogP contribution in [0.25, 0.3) is 0 Å². The molecule has 2 N–H and O–H groups in total. The molecule has 4 aromatic carbocycles. The predicted molar refractivity (Wildman–Crippen MR) is 133 cm³/mol. The van der Waals surface area contributed by atoms with Gasteiger partial charge in [-0.25, -0.2) is 0 Å². The van der Waals surface area contributed by atoms with Crippen molar-refractivity contribution in [3.8, 4) is 5.75 Å². The molecule has 0 saturated heterocycles. The van der Waals surface area contributed by atoms with E-state index in [1.165, 1.54) is 0 Å². The standard InChI is InChI=1S/C31H26O4/c1-35-23-18-16-20(17-19-23)26-27(21-10-4-2-5-11-21)30(33,22-12-6-3-7-13-22)31(34)25-15-9-8-14-24(25)29(32)28(26)31/h2-19,26-28,33-34H,1H3/t26-,27+,28+,30-,31-/m1/s1. The van der Waals surface area contributed by atoms with Gasteiger partial charge in [-0.15, -0.1) is 0 Å². The number of methoxy groups -OCH3 is 1. The van der Waals surface area contributed by atoms with E-state index in [0.29, 0.717) is 22.4 Å². The summed E-state index contributed by atoms with van der Waals surface area (Å²) in [7, 11) is 1.61. The van der Waals surface area contributed by atoms with Gasteiger partial charge in [-0.05, 0) is 34.4 Å². The van der Waals surface area contributed by atoms with Crippen LogP contribution < -0.4 is 4.74 Å². The Labute approximate surface area is 204 Å². The number of carbonyl (C=O) groups is 1. The molecule has 4 heteroatoms. The highest BCUT2D eigenvalue weighted by Gasteiger charge is 2.75. The monoisotopic (exact) mass is 462 g/mol. The van der Waals surface area contributed by atoms with Crippen molar-refractivity contribution < 1.29 is 19.7 Å². The van der Waals surface area contributed by atoms with Crippen molar-refractivity contribution >= 4 is 5.78 Å². The lowest BCUT2D eigenvalue weighted by Gasteiger charge is -2.42. The van der Waals surface area contributed by atoms with Crippen LogP contribution in [0.4, 0.5) is 0 Å². The van der Waals surface area contributed by atoms with Gasteiger partial charge < -0.3 is 14.9 Å². The molecule has 0 aliphatic heterocycles. The number of aliphatic hydroxyl groups is 2. The fraction of sp³-hybridized carbons (Fsp3) is 0.194. The number of fused-ring (bicyclic) bond motifs is 3. The van der Waals surface area contributed by atoms with Crippen LogP contribution in [0.15, 0.2) is 109 Å². The molecule has 1 fully saturated rings. The summed E-state index contributed by atoms with van der Waals surface area (Å²) in [6.07, 6.45) is 0. The molecule has 5 atom stereocenters. The molecule has 0 unspecified atom stereocenters. The zero-order chi connectivity index (χ0) is 24.2. The maximum Gasteiger partial charge on any atom is 0.170 e. The highest BCUT2D eigenvalue weighted by Crippen LogP contribution is 2.70. The molecule has 6 rings (SSSR count). The molecule has 1 saturated carbocycles. The molecule has 0 spiro atoms. The van der Waals surface area contributed by atoms with Crippen LogP contribution in [0.5, 0.6) is 5.75 Å². The minimum Gasteiger partial charge on any atom is -0.497 e. The van der Waals surface area contributed by atoms with Gasteiger partial charge in [0.25, 0.3) is 0 Å². The minimum atomic E-state index is -1.81. The summed E-state index contributed by atoms with van der Waals surface area (Å²) in [5.74, 6) is -1.34. The summed E-state index contributed by atoms with van der Waals surface area (Å²) in [6.45, 7) is 0. The van der Waals surface area contributed by atoms with Crippen molar-refractivity contribution in [1.82, 2.24) is 0 Å². The van der Waals surface area contributed by atoms with Crippen LogP contribution in [0, 0.1) is 5.92 Å². The molecule has 0 amide bonds. The number of hydrogen-bond donors (Lipinski definition) is 2.